The summed E-state index contributed by atoms with van der Waals surface area (Å²) in [5, 5.41) is 20.8. The first-order chi connectivity index (χ1) is 22.7. The molecule has 3 rings (SSSR count). The highest BCUT2D eigenvalue weighted by atomic mass is 16.6. The molecule has 3 fully saturated rings. The van der Waals surface area contributed by atoms with Crippen molar-refractivity contribution in [3.05, 3.63) is 0 Å². The van der Waals surface area contributed by atoms with Crippen molar-refractivity contribution in [1.29, 1.82) is 0 Å². The Bertz CT molecular complexity index is 995. The standard InChI is InChI=1S/C29H52N6O12/c1-42-20-33-11-8-30(27(33)39)14-17-45-24(36)6-4-23(26(38)47-19-16-32-10-13-35(22-44-3)29(32)41)5-7-25(37)46-18-15-31-9-12-34(21-43-2)28(31)40/h23-24,27,36,39H,4-22H2,1-3H3. The molecule has 2 N–H and O–H groups in total. The maximum absolute atomic E-state index is 13.1. The number of urea groups is 2. The average molecular weight is 677 g/mol. The third-order valence-electron chi connectivity index (χ3n) is 8.27. The van der Waals surface area contributed by atoms with Crippen LogP contribution in [-0.4, -0.2) is 197 Å². The van der Waals surface area contributed by atoms with Crippen molar-refractivity contribution in [3.8, 4) is 0 Å². The number of aliphatic hydroxyl groups is 2. The number of nitrogens with zero attached hydrogens (tertiary/aromatic N) is 6. The van der Waals surface area contributed by atoms with Crippen molar-refractivity contribution in [2.75, 3.05) is 120 Å². The maximum atomic E-state index is 13.1. The van der Waals surface area contributed by atoms with Crippen molar-refractivity contribution in [1.82, 2.24) is 29.4 Å². The highest BCUT2D eigenvalue weighted by Gasteiger charge is 2.31. The maximum Gasteiger partial charge on any atom is 0.322 e. The Morgan fingerprint density at radius 1 is 0.702 bits per heavy atom. The number of methoxy groups -OCH3 is 3. The molecule has 0 aromatic rings. The second kappa shape index (κ2) is 20.5. The fourth-order valence-corrected chi connectivity index (χ4v) is 5.60. The summed E-state index contributed by atoms with van der Waals surface area (Å²) in [6.45, 7) is 5.01. The molecular formula is C29H52N6O12. The lowest BCUT2D eigenvalue weighted by atomic mass is 9.97. The highest BCUT2D eigenvalue weighted by molar-refractivity contribution is 5.77. The molecule has 0 spiro atoms. The Hall–Kier alpha value is -2.84. The van der Waals surface area contributed by atoms with Crippen molar-refractivity contribution >= 4 is 24.0 Å². The predicted molar refractivity (Wildman–Crippen MR) is 163 cm³/mol. The average Bonchev–Trinajstić information content (AvgIpc) is 3.70. The van der Waals surface area contributed by atoms with Crippen LogP contribution in [0.5, 0.6) is 0 Å². The molecule has 0 aromatic carbocycles. The molecule has 3 heterocycles. The van der Waals surface area contributed by atoms with Gasteiger partial charge in [-0.05, 0) is 19.3 Å². The number of ether oxygens (including phenoxy) is 6. The van der Waals surface area contributed by atoms with Gasteiger partial charge in [-0.1, -0.05) is 0 Å². The summed E-state index contributed by atoms with van der Waals surface area (Å²) in [4.78, 5) is 60.1. The van der Waals surface area contributed by atoms with Crippen LogP contribution in [0, 0.1) is 5.92 Å². The summed E-state index contributed by atoms with van der Waals surface area (Å²) in [6, 6.07) is -0.379. The molecule has 18 nitrogen and oxygen atoms in total. The molecule has 3 saturated heterocycles. The molecule has 0 saturated carbocycles. The van der Waals surface area contributed by atoms with Gasteiger partial charge in [0.2, 0.25) is 0 Å². The second-order valence-electron chi connectivity index (χ2n) is 11.5. The summed E-state index contributed by atoms with van der Waals surface area (Å²) in [6.07, 6.45) is -1.62. The zero-order chi connectivity index (χ0) is 34.2. The van der Waals surface area contributed by atoms with Crippen molar-refractivity contribution in [3.63, 3.8) is 0 Å². The van der Waals surface area contributed by atoms with Gasteiger partial charge >= 0.3 is 24.0 Å². The number of esters is 2. The molecule has 0 aromatic heterocycles. The smallest absolute Gasteiger partial charge is 0.322 e. The number of carbonyl (C=O) groups excluding carboxylic acids is 4. The molecule has 18 heteroatoms. The summed E-state index contributed by atoms with van der Waals surface area (Å²) in [7, 11) is 4.58. The van der Waals surface area contributed by atoms with E-state index in [1.807, 2.05) is 0 Å². The van der Waals surface area contributed by atoms with Crippen LogP contribution < -0.4 is 0 Å². The van der Waals surface area contributed by atoms with E-state index in [0.717, 1.165) is 0 Å². The van der Waals surface area contributed by atoms with E-state index in [9.17, 15) is 29.4 Å². The molecule has 3 aliphatic rings. The fourth-order valence-electron chi connectivity index (χ4n) is 5.60. The van der Waals surface area contributed by atoms with E-state index in [2.05, 4.69) is 0 Å². The number of amides is 4. The summed E-state index contributed by atoms with van der Waals surface area (Å²) < 4.78 is 31.5. The van der Waals surface area contributed by atoms with Crippen LogP contribution in [0.1, 0.15) is 25.7 Å². The van der Waals surface area contributed by atoms with Crippen LogP contribution in [0.3, 0.4) is 0 Å². The third kappa shape index (κ3) is 12.3. The predicted octanol–water partition coefficient (Wildman–Crippen LogP) is -1.24. The highest BCUT2D eigenvalue weighted by Crippen LogP contribution is 2.19. The first-order valence-electron chi connectivity index (χ1n) is 16.0. The Morgan fingerprint density at radius 2 is 1.26 bits per heavy atom. The van der Waals surface area contributed by atoms with Crippen LogP contribution in [-0.2, 0) is 38.0 Å². The van der Waals surface area contributed by atoms with Gasteiger partial charge in [-0.15, -0.1) is 0 Å². The lowest BCUT2D eigenvalue weighted by Gasteiger charge is -2.25. The van der Waals surface area contributed by atoms with E-state index in [1.165, 1.54) is 14.2 Å². The molecule has 0 bridgehead atoms. The van der Waals surface area contributed by atoms with E-state index < -0.39 is 30.5 Å². The van der Waals surface area contributed by atoms with Gasteiger partial charge in [0, 0.05) is 73.6 Å². The van der Waals surface area contributed by atoms with E-state index in [0.29, 0.717) is 52.5 Å². The topological polar surface area (TPSA) is 184 Å². The fraction of sp³-hybridized carbons (Fsp3) is 0.862. The SMILES string of the molecule is COCN1CCN(CCOC(=O)CCC(CCC(O)OCCN2CCN(COC)C2O)C(=O)OCCN2CCN(COC)C2=O)C1=O. The molecule has 3 atom stereocenters. The van der Waals surface area contributed by atoms with Crippen molar-refractivity contribution < 1.29 is 57.8 Å². The van der Waals surface area contributed by atoms with Crippen LogP contribution in [0.15, 0.2) is 0 Å². The van der Waals surface area contributed by atoms with E-state index in [4.69, 9.17) is 28.4 Å². The minimum atomic E-state index is -1.17. The Kier molecular flexibility index (Phi) is 16.8. The van der Waals surface area contributed by atoms with Gasteiger partial charge in [0.1, 0.15) is 33.4 Å². The van der Waals surface area contributed by atoms with E-state index in [-0.39, 0.29) is 84.1 Å². The molecular weight excluding hydrogens is 624 g/mol. The number of hydrogen-bond acceptors (Lipinski definition) is 14. The minimum absolute atomic E-state index is 0.0198. The van der Waals surface area contributed by atoms with Gasteiger partial charge in [-0.2, -0.15) is 0 Å². The lowest BCUT2D eigenvalue weighted by Crippen LogP contribution is -2.41. The van der Waals surface area contributed by atoms with Gasteiger partial charge in [0.15, 0.2) is 12.6 Å². The molecule has 3 aliphatic heterocycles. The summed E-state index contributed by atoms with van der Waals surface area (Å²) in [5.74, 6) is -1.80. The Labute approximate surface area is 275 Å². The second-order valence-corrected chi connectivity index (χ2v) is 11.5. The van der Waals surface area contributed by atoms with Crippen LogP contribution in [0.25, 0.3) is 0 Å². The van der Waals surface area contributed by atoms with Gasteiger partial charge in [-0.25, -0.2) is 14.5 Å². The summed E-state index contributed by atoms with van der Waals surface area (Å²) >= 11 is 0. The van der Waals surface area contributed by atoms with Crippen molar-refractivity contribution in [2.45, 2.75) is 38.3 Å². The molecule has 0 aliphatic carbocycles. The molecule has 270 valence electrons. The lowest BCUT2D eigenvalue weighted by molar-refractivity contribution is -0.152. The molecule has 0 radical (unpaired) electrons. The number of rotatable bonds is 23. The van der Waals surface area contributed by atoms with Crippen LogP contribution in [0.4, 0.5) is 9.59 Å². The van der Waals surface area contributed by atoms with Gasteiger partial charge in [0.25, 0.3) is 0 Å². The first kappa shape index (κ1) is 38.6. The van der Waals surface area contributed by atoms with Gasteiger partial charge in [-0.3, -0.25) is 24.3 Å². The Balaban J connectivity index is 1.43. The number of carbonyl (C=O) groups is 4. The summed E-state index contributed by atoms with van der Waals surface area (Å²) in [5.41, 5.74) is 0. The van der Waals surface area contributed by atoms with Gasteiger partial charge < -0.3 is 48.4 Å². The van der Waals surface area contributed by atoms with E-state index >= 15 is 0 Å². The van der Waals surface area contributed by atoms with Crippen LogP contribution >= 0.6 is 0 Å². The normalized spacial score (nSPS) is 20.5. The molecule has 3 unspecified atom stereocenters. The number of hydrogen-bond donors (Lipinski definition) is 2. The Morgan fingerprint density at radius 3 is 1.85 bits per heavy atom. The number of aliphatic hydroxyl groups excluding tert-OH is 2. The monoisotopic (exact) mass is 676 g/mol. The zero-order valence-electron chi connectivity index (χ0n) is 27.8. The quantitative estimate of drug-likeness (QED) is 0.0968. The van der Waals surface area contributed by atoms with Crippen molar-refractivity contribution in [2.24, 2.45) is 5.92 Å². The third-order valence-corrected chi connectivity index (χ3v) is 8.27. The van der Waals surface area contributed by atoms with E-state index in [1.54, 1.807) is 36.5 Å². The molecule has 4 amide bonds. The minimum Gasteiger partial charge on any atom is -0.464 e. The molecule has 47 heavy (non-hydrogen) atoms. The largest absolute Gasteiger partial charge is 0.464 e. The van der Waals surface area contributed by atoms with Crippen LogP contribution in [0.2, 0.25) is 0 Å². The zero-order valence-corrected chi connectivity index (χ0v) is 27.8. The van der Waals surface area contributed by atoms with Gasteiger partial charge in [0.05, 0.1) is 25.6 Å². The first-order valence-corrected chi connectivity index (χ1v) is 16.0.